The van der Waals surface area contributed by atoms with Gasteiger partial charge in [0, 0.05) is 23.8 Å². The Bertz CT molecular complexity index is 2400. The number of aliphatic hydroxyl groups excluding tert-OH is 8. The Balaban J connectivity index is 1.24. The first-order valence-corrected chi connectivity index (χ1v) is 19.9. The molecule has 0 unspecified atom stereocenters. The number of aromatic hydroxyl groups is 5. The summed E-state index contributed by atoms with van der Waals surface area (Å²) in [5.74, 6) is -4.81. The van der Waals surface area contributed by atoms with E-state index in [4.69, 9.17) is 37.6 Å². The number of phenolic OH excluding ortho intramolecular Hbond substituents is 5. The molecule has 0 radical (unpaired) electrons. The van der Waals surface area contributed by atoms with Crippen LogP contribution in [0, 0.1) is 0 Å². The van der Waals surface area contributed by atoms with Gasteiger partial charge in [0.2, 0.25) is 17.5 Å². The van der Waals surface area contributed by atoms with Crippen LogP contribution in [0.4, 0.5) is 0 Å². The van der Waals surface area contributed by atoms with Gasteiger partial charge in [-0.3, -0.25) is 4.79 Å². The molecule has 0 saturated carbocycles. The summed E-state index contributed by atoms with van der Waals surface area (Å²) in [4.78, 5) is 26.9. The quantitative estimate of drug-likeness (QED) is 0.0419. The second-order valence-electron chi connectivity index (χ2n) is 15.4. The first-order chi connectivity index (χ1) is 30.9. The van der Waals surface area contributed by atoms with E-state index in [1.54, 1.807) is 0 Å². The number of aliphatic hydroxyl groups is 8. The Morgan fingerprint density at radius 2 is 1.29 bits per heavy atom. The first kappa shape index (κ1) is 47.3. The van der Waals surface area contributed by atoms with Crippen LogP contribution >= 0.6 is 0 Å². The monoisotopic (exact) mass is 918 g/mol. The van der Waals surface area contributed by atoms with Crippen LogP contribution in [0.1, 0.15) is 12.5 Å². The average molecular weight is 919 g/mol. The second-order valence-corrected chi connectivity index (χ2v) is 15.4. The molecular formula is C42H46O23. The van der Waals surface area contributed by atoms with Crippen molar-refractivity contribution in [1.82, 2.24) is 0 Å². The van der Waals surface area contributed by atoms with Gasteiger partial charge < -0.3 is 104 Å². The fraction of sp³-hybridized carbons (Fsp3) is 0.429. The maximum atomic E-state index is 14.3. The lowest BCUT2D eigenvalue weighted by Gasteiger charge is -2.48. The van der Waals surface area contributed by atoms with Gasteiger partial charge in [0.15, 0.2) is 35.9 Å². The highest BCUT2D eigenvalue weighted by molar-refractivity contribution is 5.88. The third kappa shape index (κ3) is 9.83. The minimum Gasteiger partial charge on any atom is -0.508 e. The summed E-state index contributed by atoms with van der Waals surface area (Å²) in [7, 11) is 0. The maximum absolute atomic E-state index is 14.3. The van der Waals surface area contributed by atoms with Gasteiger partial charge in [-0.15, -0.1) is 0 Å². The van der Waals surface area contributed by atoms with E-state index >= 15 is 0 Å². The smallest absolute Gasteiger partial charge is 0.330 e. The molecule has 13 N–H and O–H groups in total. The zero-order valence-corrected chi connectivity index (χ0v) is 33.8. The topological polar surface area (TPSA) is 375 Å². The van der Waals surface area contributed by atoms with Gasteiger partial charge in [-0.25, -0.2) is 4.79 Å². The molecule has 0 aliphatic carbocycles. The van der Waals surface area contributed by atoms with Crippen LogP contribution in [0.15, 0.2) is 69.9 Å². The van der Waals surface area contributed by atoms with Crippen molar-refractivity contribution in [2.24, 2.45) is 0 Å². The van der Waals surface area contributed by atoms with Crippen molar-refractivity contribution in [1.29, 1.82) is 0 Å². The third-order valence-electron chi connectivity index (χ3n) is 10.9. The van der Waals surface area contributed by atoms with E-state index in [2.05, 4.69) is 0 Å². The highest BCUT2D eigenvalue weighted by atomic mass is 16.8. The lowest BCUT2D eigenvalue weighted by Crippen LogP contribution is -2.67. The normalized spacial score (nSPS) is 33.0. The summed E-state index contributed by atoms with van der Waals surface area (Å²) in [5.41, 5.74) is -1.13. The number of carbonyl (C=O) groups excluding carboxylic acids is 1. The molecule has 0 bridgehead atoms. The number of phenols is 5. The standard InChI is InChI=1S/C42H46O23/c1-15-28(50)37(63-41-35(57)33(55)30(52)25(62-41)14-58-26(49)9-4-16-2-6-18(44)7-3-16)39(65-40-34(56)32(54)29(51)24(13-43)61-40)42(59-15)64-38-31(53)27-22(48)11-19(45)12-23(27)60-36(38)17-5-8-20(46)21(47)10-17/h2-12,15,24-25,28-30,32-35,37,39-48,50-52,54-57H,13-14H2,1H3/b9-4+/t15-,24+,25+,28-,29+,30+,32-,33-,34+,35+,37+,39+,40-,41-,42-/m0/s1. The van der Waals surface area contributed by atoms with Crippen LogP contribution in [0.5, 0.6) is 34.5 Å². The van der Waals surface area contributed by atoms with E-state index in [0.717, 1.165) is 30.3 Å². The molecule has 15 atom stereocenters. The van der Waals surface area contributed by atoms with E-state index in [1.807, 2.05) is 0 Å². The van der Waals surface area contributed by atoms with E-state index < -0.39 is 157 Å². The van der Waals surface area contributed by atoms with E-state index in [-0.39, 0.29) is 16.9 Å². The number of rotatable bonds is 12. The fourth-order valence-corrected chi connectivity index (χ4v) is 7.34. The molecule has 3 fully saturated rings. The zero-order valence-electron chi connectivity index (χ0n) is 33.8. The molecule has 65 heavy (non-hydrogen) atoms. The molecule has 1 aromatic heterocycles. The Morgan fingerprint density at radius 3 is 1.94 bits per heavy atom. The molecule has 352 valence electrons. The molecule has 23 heteroatoms. The Kier molecular flexibility index (Phi) is 14.2. The van der Waals surface area contributed by atoms with Crippen molar-refractivity contribution in [3.05, 3.63) is 76.5 Å². The van der Waals surface area contributed by atoms with Crippen LogP contribution in [-0.2, 0) is 33.2 Å². The lowest BCUT2D eigenvalue weighted by molar-refractivity contribution is -0.382. The molecule has 0 spiro atoms. The number of benzene rings is 3. The maximum Gasteiger partial charge on any atom is 0.330 e. The van der Waals surface area contributed by atoms with E-state index in [9.17, 15) is 76.0 Å². The molecule has 4 heterocycles. The van der Waals surface area contributed by atoms with Crippen molar-refractivity contribution in [2.45, 2.75) is 99.0 Å². The van der Waals surface area contributed by atoms with Crippen molar-refractivity contribution in [3.63, 3.8) is 0 Å². The Hall–Kier alpha value is -5.64. The summed E-state index contributed by atoms with van der Waals surface area (Å²) < 4.78 is 46.6. The van der Waals surface area contributed by atoms with Crippen molar-refractivity contribution in [2.75, 3.05) is 13.2 Å². The molecule has 3 aromatic carbocycles. The molecule has 4 aromatic rings. The molecule has 7 rings (SSSR count). The van der Waals surface area contributed by atoms with Crippen molar-refractivity contribution < 1.29 is 109 Å². The Labute approximate surface area is 365 Å². The van der Waals surface area contributed by atoms with Gasteiger partial charge in [0.1, 0.15) is 95.9 Å². The van der Waals surface area contributed by atoms with Crippen LogP contribution < -0.4 is 10.2 Å². The summed E-state index contributed by atoms with van der Waals surface area (Å²) in [6.45, 7) is -0.347. The molecule has 3 aliphatic rings. The third-order valence-corrected chi connectivity index (χ3v) is 10.9. The predicted octanol–water partition coefficient (Wildman–Crippen LogP) is -1.89. The van der Waals surface area contributed by atoms with Crippen LogP contribution in [0.25, 0.3) is 28.4 Å². The van der Waals surface area contributed by atoms with Crippen molar-refractivity contribution >= 4 is 23.0 Å². The highest BCUT2D eigenvalue weighted by Gasteiger charge is 2.55. The molecule has 23 nitrogen and oxygen atoms in total. The minimum absolute atomic E-state index is 0.00829. The molecular weight excluding hydrogens is 872 g/mol. The van der Waals surface area contributed by atoms with Gasteiger partial charge in [-0.05, 0) is 48.9 Å². The van der Waals surface area contributed by atoms with E-state index in [0.29, 0.717) is 5.56 Å². The average Bonchev–Trinajstić information content (AvgIpc) is 3.27. The predicted molar refractivity (Wildman–Crippen MR) is 214 cm³/mol. The van der Waals surface area contributed by atoms with Gasteiger partial charge in [0.05, 0.1) is 12.7 Å². The fourth-order valence-electron chi connectivity index (χ4n) is 7.34. The first-order valence-electron chi connectivity index (χ1n) is 19.9. The molecule has 3 saturated heterocycles. The number of fused-ring (bicyclic) bond motifs is 1. The zero-order chi connectivity index (χ0) is 47.0. The molecule has 3 aliphatic heterocycles. The lowest BCUT2D eigenvalue weighted by atomic mass is 9.96. The summed E-state index contributed by atoms with van der Waals surface area (Å²) in [6, 6.07) is 10.8. The summed E-state index contributed by atoms with van der Waals surface area (Å²) in [5, 5.41) is 137. The van der Waals surface area contributed by atoms with Gasteiger partial charge >= 0.3 is 5.97 Å². The minimum atomic E-state index is -2.11. The highest BCUT2D eigenvalue weighted by Crippen LogP contribution is 2.41. The van der Waals surface area contributed by atoms with Crippen LogP contribution in [0.2, 0.25) is 0 Å². The number of carbonyl (C=O) groups is 1. The van der Waals surface area contributed by atoms with E-state index in [1.165, 1.54) is 43.3 Å². The summed E-state index contributed by atoms with van der Waals surface area (Å²) >= 11 is 0. The number of ether oxygens (including phenoxy) is 7. The summed E-state index contributed by atoms with van der Waals surface area (Å²) in [6.07, 6.45) is -26.1. The number of esters is 1. The van der Waals surface area contributed by atoms with Gasteiger partial charge in [-0.1, -0.05) is 12.1 Å². The van der Waals surface area contributed by atoms with Crippen molar-refractivity contribution in [3.8, 4) is 45.8 Å². The SMILES string of the molecule is C[C@@H]1O[C@@H](Oc2c(-c3ccc(O)c(O)c3)oc3cc(O)cc(O)c3c2=O)[C@H](O[C@@H]2O[C@H](CO)[C@@H](O)[C@H](O)[C@H]2O)[C@H](O[C@@H]2O[C@H](COC(=O)/C=C/c3ccc(O)cc3)[C@@H](O)[C@H](O)[C@H]2O)[C@H]1O. The van der Waals surface area contributed by atoms with Crippen LogP contribution in [0.3, 0.4) is 0 Å². The largest absolute Gasteiger partial charge is 0.508 e. The second kappa shape index (κ2) is 19.4. The van der Waals surface area contributed by atoms with Gasteiger partial charge in [-0.2, -0.15) is 0 Å². The Morgan fingerprint density at radius 1 is 0.662 bits per heavy atom. The van der Waals surface area contributed by atoms with Crippen LogP contribution in [-0.4, -0.2) is 178 Å². The number of hydrogen-bond acceptors (Lipinski definition) is 23. The number of hydrogen-bond donors (Lipinski definition) is 13. The van der Waals surface area contributed by atoms with Gasteiger partial charge in [0.25, 0.3) is 0 Å². The molecule has 0 amide bonds.